The van der Waals surface area contributed by atoms with Crippen LogP contribution in [0.2, 0.25) is 0 Å². The minimum absolute atomic E-state index is 0.496. The molecule has 1 heterocycles. The van der Waals surface area contributed by atoms with Gasteiger partial charge in [-0.1, -0.05) is 0 Å². The molecule has 0 radical (unpaired) electrons. The highest BCUT2D eigenvalue weighted by Crippen LogP contribution is 2.10. The lowest BCUT2D eigenvalue weighted by Gasteiger charge is -2.39. The summed E-state index contributed by atoms with van der Waals surface area (Å²) in [7, 11) is 1.75. The molecule has 1 aliphatic heterocycles. The van der Waals surface area contributed by atoms with Crippen molar-refractivity contribution in [3.8, 4) is 0 Å². The third-order valence-corrected chi connectivity index (χ3v) is 2.97. The Labute approximate surface area is 86.8 Å². The number of piperazine rings is 1. The van der Waals surface area contributed by atoms with Gasteiger partial charge in [-0.05, 0) is 13.3 Å². The van der Waals surface area contributed by atoms with Crippen LogP contribution in [-0.2, 0) is 4.74 Å². The van der Waals surface area contributed by atoms with Crippen LogP contribution >= 0.6 is 0 Å². The lowest BCUT2D eigenvalue weighted by molar-refractivity contribution is 0.0898. The number of nitrogens with two attached hydrogens (primary N) is 1. The Kier molecular flexibility index (Phi) is 5.40. The summed E-state index contributed by atoms with van der Waals surface area (Å²) in [6, 6.07) is 1.07. The van der Waals surface area contributed by atoms with Crippen molar-refractivity contribution in [2.24, 2.45) is 5.73 Å². The normalized spacial score (nSPS) is 26.4. The van der Waals surface area contributed by atoms with Gasteiger partial charge < -0.3 is 15.8 Å². The van der Waals surface area contributed by atoms with Crippen molar-refractivity contribution < 1.29 is 4.74 Å². The fourth-order valence-corrected chi connectivity index (χ4v) is 2.03. The highest BCUT2D eigenvalue weighted by molar-refractivity contribution is 4.83. The average molecular weight is 201 g/mol. The molecule has 0 saturated carbocycles. The summed E-state index contributed by atoms with van der Waals surface area (Å²) in [5, 5.41) is 3.37. The predicted molar refractivity (Wildman–Crippen MR) is 58.4 cm³/mol. The summed E-state index contributed by atoms with van der Waals surface area (Å²) in [4.78, 5) is 2.50. The molecule has 0 aromatic rings. The lowest BCUT2D eigenvalue weighted by Crippen LogP contribution is -2.57. The monoisotopic (exact) mass is 201 g/mol. The quantitative estimate of drug-likeness (QED) is 0.638. The summed E-state index contributed by atoms with van der Waals surface area (Å²) in [5.74, 6) is 0. The SMILES string of the molecule is COCCC(C)N1CCNCC1CN. The van der Waals surface area contributed by atoms with Crippen LogP contribution < -0.4 is 11.1 Å². The lowest BCUT2D eigenvalue weighted by atomic mass is 10.1. The van der Waals surface area contributed by atoms with Crippen molar-refractivity contribution in [1.29, 1.82) is 0 Å². The zero-order valence-electron chi connectivity index (χ0n) is 9.33. The molecule has 1 fully saturated rings. The van der Waals surface area contributed by atoms with Gasteiger partial charge in [0.05, 0.1) is 0 Å². The maximum Gasteiger partial charge on any atom is 0.0477 e. The molecule has 0 spiro atoms. The Balaban J connectivity index is 2.37. The Morgan fingerprint density at radius 3 is 3.07 bits per heavy atom. The zero-order valence-corrected chi connectivity index (χ0v) is 9.33. The van der Waals surface area contributed by atoms with Crippen LogP contribution in [0.1, 0.15) is 13.3 Å². The fraction of sp³-hybridized carbons (Fsp3) is 1.00. The first kappa shape index (κ1) is 11.9. The van der Waals surface area contributed by atoms with Crippen molar-refractivity contribution in [2.45, 2.75) is 25.4 Å². The first-order chi connectivity index (χ1) is 6.79. The van der Waals surface area contributed by atoms with E-state index >= 15 is 0 Å². The van der Waals surface area contributed by atoms with Crippen LogP contribution in [-0.4, -0.2) is 56.9 Å². The zero-order chi connectivity index (χ0) is 10.4. The molecule has 4 nitrogen and oxygen atoms in total. The molecular formula is C10H23N3O. The molecule has 1 saturated heterocycles. The van der Waals surface area contributed by atoms with Gasteiger partial charge in [-0.15, -0.1) is 0 Å². The second-order valence-corrected chi connectivity index (χ2v) is 3.96. The van der Waals surface area contributed by atoms with E-state index in [-0.39, 0.29) is 0 Å². The summed E-state index contributed by atoms with van der Waals surface area (Å²) in [6.07, 6.45) is 1.09. The molecule has 0 aromatic heterocycles. The van der Waals surface area contributed by atoms with E-state index in [0.717, 1.165) is 39.2 Å². The fourth-order valence-electron chi connectivity index (χ4n) is 2.03. The van der Waals surface area contributed by atoms with E-state index in [0.29, 0.717) is 12.1 Å². The Hall–Kier alpha value is -0.160. The molecule has 0 bridgehead atoms. The number of ether oxygens (including phenoxy) is 1. The van der Waals surface area contributed by atoms with Gasteiger partial charge in [-0.2, -0.15) is 0 Å². The van der Waals surface area contributed by atoms with E-state index in [1.54, 1.807) is 7.11 Å². The molecule has 4 heteroatoms. The number of hydrogen-bond donors (Lipinski definition) is 2. The van der Waals surface area contributed by atoms with Gasteiger partial charge in [0.25, 0.3) is 0 Å². The topological polar surface area (TPSA) is 50.5 Å². The molecule has 2 atom stereocenters. The minimum Gasteiger partial charge on any atom is -0.385 e. The maximum atomic E-state index is 5.75. The minimum atomic E-state index is 0.496. The van der Waals surface area contributed by atoms with Gasteiger partial charge in [0.15, 0.2) is 0 Å². The summed E-state index contributed by atoms with van der Waals surface area (Å²) >= 11 is 0. The predicted octanol–water partition coefficient (Wildman–Crippen LogP) is -0.356. The number of hydrogen-bond acceptors (Lipinski definition) is 4. The molecule has 2 unspecified atom stereocenters. The number of rotatable bonds is 5. The second kappa shape index (κ2) is 6.35. The molecule has 0 amide bonds. The van der Waals surface area contributed by atoms with Crippen molar-refractivity contribution >= 4 is 0 Å². The second-order valence-electron chi connectivity index (χ2n) is 3.96. The van der Waals surface area contributed by atoms with Crippen LogP contribution in [0.15, 0.2) is 0 Å². The van der Waals surface area contributed by atoms with Crippen LogP contribution in [0.4, 0.5) is 0 Å². The summed E-state index contributed by atoms with van der Waals surface area (Å²) < 4.78 is 5.10. The molecule has 1 aliphatic rings. The van der Waals surface area contributed by atoms with Gasteiger partial charge >= 0.3 is 0 Å². The van der Waals surface area contributed by atoms with Crippen LogP contribution in [0, 0.1) is 0 Å². The number of nitrogens with one attached hydrogen (secondary N) is 1. The molecule has 14 heavy (non-hydrogen) atoms. The molecule has 1 rings (SSSR count). The third-order valence-electron chi connectivity index (χ3n) is 2.97. The van der Waals surface area contributed by atoms with E-state index in [2.05, 4.69) is 17.1 Å². The van der Waals surface area contributed by atoms with Crippen molar-refractivity contribution in [3.63, 3.8) is 0 Å². The smallest absolute Gasteiger partial charge is 0.0477 e. The molecule has 3 N–H and O–H groups in total. The molecular weight excluding hydrogens is 178 g/mol. The highest BCUT2D eigenvalue weighted by Gasteiger charge is 2.24. The molecule has 0 aliphatic carbocycles. The van der Waals surface area contributed by atoms with Crippen molar-refractivity contribution in [3.05, 3.63) is 0 Å². The Morgan fingerprint density at radius 2 is 2.43 bits per heavy atom. The van der Waals surface area contributed by atoms with Crippen LogP contribution in [0.3, 0.4) is 0 Å². The maximum absolute atomic E-state index is 5.75. The Morgan fingerprint density at radius 1 is 1.64 bits per heavy atom. The first-order valence-corrected chi connectivity index (χ1v) is 5.45. The van der Waals surface area contributed by atoms with Gasteiger partial charge in [-0.3, -0.25) is 4.90 Å². The van der Waals surface area contributed by atoms with E-state index < -0.39 is 0 Å². The Bertz CT molecular complexity index is 154. The third kappa shape index (κ3) is 3.20. The van der Waals surface area contributed by atoms with Gasteiger partial charge in [-0.25, -0.2) is 0 Å². The van der Waals surface area contributed by atoms with Crippen LogP contribution in [0.25, 0.3) is 0 Å². The largest absolute Gasteiger partial charge is 0.385 e. The molecule has 0 aromatic carbocycles. The molecule has 84 valence electrons. The standard InChI is InChI=1S/C10H23N3O/c1-9(3-6-14-2)13-5-4-12-8-10(13)7-11/h9-10,12H,3-8,11H2,1-2H3. The first-order valence-electron chi connectivity index (χ1n) is 5.45. The van der Waals surface area contributed by atoms with E-state index in [9.17, 15) is 0 Å². The van der Waals surface area contributed by atoms with Crippen LogP contribution in [0.5, 0.6) is 0 Å². The van der Waals surface area contributed by atoms with Crippen molar-refractivity contribution in [2.75, 3.05) is 39.9 Å². The van der Waals surface area contributed by atoms with E-state index in [4.69, 9.17) is 10.5 Å². The van der Waals surface area contributed by atoms with Gasteiger partial charge in [0.2, 0.25) is 0 Å². The van der Waals surface area contributed by atoms with Gasteiger partial charge in [0.1, 0.15) is 0 Å². The number of nitrogens with zero attached hydrogens (tertiary/aromatic N) is 1. The summed E-state index contributed by atoms with van der Waals surface area (Å²) in [6.45, 7) is 7.04. The summed E-state index contributed by atoms with van der Waals surface area (Å²) in [5.41, 5.74) is 5.75. The number of methoxy groups -OCH3 is 1. The highest BCUT2D eigenvalue weighted by atomic mass is 16.5. The van der Waals surface area contributed by atoms with E-state index in [1.165, 1.54) is 0 Å². The van der Waals surface area contributed by atoms with Gasteiger partial charge in [0, 0.05) is 52.0 Å². The van der Waals surface area contributed by atoms with E-state index in [1.807, 2.05) is 0 Å². The van der Waals surface area contributed by atoms with Crippen molar-refractivity contribution in [1.82, 2.24) is 10.2 Å². The average Bonchev–Trinajstić information content (AvgIpc) is 2.25.